The molecule has 1 aromatic rings. The lowest BCUT2D eigenvalue weighted by molar-refractivity contribution is -0.130. The molecule has 4 nitrogen and oxygen atoms in total. The first-order valence-electron chi connectivity index (χ1n) is 7.36. The molecule has 0 spiro atoms. The van der Waals surface area contributed by atoms with Crippen molar-refractivity contribution in [2.45, 2.75) is 45.3 Å². The number of anilines is 1. The van der Waals surface area contributed by atoms with E-state index >= 15 is 0 Å². The predicted octanol–water partition coefficient (Wildman–Crippen LogP) is 3.51. The summed E-state index contributed by atoms with van der Waals surface area (Å²) in [6.45, 7) is 5.05. The number of rotatable bonds is 5. The van der Waals surface area contributed by atoms with Crippen LogP contribution in [0.2, 0.25) is 0 Å². The molecule has 2 atom stereocenters. The molecule has 1 aromatic carbocycles. The Bertz CT molecular complexity index is 486. The fourth-order valence-electron chi connectivity index (χ4n) is 2.27. The van der Waals surface area contributed by atoms with Gasteiger partial charge in [0.2, 0.25) is 0 Å². The summed E-state index contributed by atoms with van der Waals surface area (Å²) >= 11 is 2.26. The number of aryl methyl sites for hydroxylation is 1. The number of amides is 1. The van der Waals surface area contributed by atoms with Crippen molar-refractivity contribution in [1.82, 2.24) is 0 Å². The highest BCUT2D eigenvalue weighted by molar-refractivity contribution is 14.1. The van der Waals surface area contributed by atoms with Gasteiger partial charge in [0.25, 0.3) is 5.91 Å². The van der Waals surface area contributed by atoms with Gasteiger partial charge in [0.1, 0.15) is 6.10 Å². The van der Waals surface area contributed by atoms with Gasteiger partial charge in [0, 0.05) is 15.9 Å². The van der Waals surface area contributed by atoms with Crippen molar-refractivity contribution in [2.75, 3.05) is 18.5 Å². The Kier molecular flexibility index (Phi) is 6.44. The Labute approximate surface area is 139 Å². The zero-order valence-corrected chi connectivity index (χ0v) is 14.7. The number of benzene rings is 1. The van der Waals surface area contributed by atoms with Crippen LogP contribution >= 0.6 is 22.6 Å². The van der Waals surface area contributed by atoms with Crippen LogP contribution in [0, 0.1) is 10.5 Å². The van der Waals surface area contributed by atoms with Gasteiger partial charge in [-0.3, -0.25) is 4.79 Å². The number of ether oxygens (including phenoxy) is 2. The van der Waals surface area contributed by atoms with Crippen LogP contribution in [0.4, 0.5) is 5.69 Å². The van der Waals surface area contributed by atoms with Gasteiger partial charge in [0.15, 0.2) is 0 Å². The third-order valence-electron chi connectivity index (χ3n) is 3.62. The minimum absolute atomic E-state index is 0.116. The molecule has 1 heterocycles. The second-order valence-electron chi connectivity index (χ2n) is 5.41. The maximum Gasteiger partial charge on any atom is 0.253 e. The van der Waals surface area contributed by atoms with Gasteiger partial charge in [0.05, 0.1) is 12.7 Å². The number of hydrogen-bond acceptors (Lipinski definition) is 3. The lowest BCUT2D eigenvalue weighted by Gasteiger charge is -2.24. The summed E-state index contributed by atoms with van der Waals surface area (Å²) in [5.74, 6) is -0.116. The van der Waals surface area contributed by atoms with Crippen LogP contribution in [-0.4, -0.2) is 31.3 Å². The van der Waals surface area contributed by atoms with E-state index in [9.17, 15) is 4.79 Å². The number of hydrogen-bond donors (Lipinski definition) is 1. The van der Waals surface area contributed by atoms with E-state index in [4.69, 9.17) is 9.47 Å². The van der Waals surface area contributed by atoms with Crippen LogP contribution in [0.1, 0.15) is 31.7 Å². The first-order chi connectivity index (χ1) is 10.1. The van der Waals surface area contributed by atoms with Crippen LogP contribution < -0.4 is 5.32 Å². The fourth-order valence-corrected chi connectivity index (χ4v) is 2.91. The summed E-state index contributed by atoms with van der Waals surface area (Å²) in [5, 5.41) is 2.92. The first-order valence-corrected chi connectivity index (χ1v) is 8.44. The molecule has 1 aliphatic rings. The summed E-state index contributed by atoms with van der Waals surface area (Å²) in [7, 11) is 0. The van der Waals surface area contributed by atoms with E-state index in [1.54, 1.807) is 6.92 Å². The quantitative estimate of drug-likeness (QED) is 0.766. The average molecular weight is 403 g/mol. The van der Waals surface area contributed by atoms with Crippen molar-refractivity contribution < 1.29 is 14.3 Å². The molecule has 1 saturated heterocycles. The maximum absolute atomic E-state index is 12.1. The summed E-state index contributed by atoms with van der Waals surface area (Å²) in [6, 6.07) is 5.94. The summed E-state index contributed by atoms with van der Waals surface area (Å²) in [5.41, 5.74) is 1.89. The van der Waals surface area contributed by atoms with Crippen LogP contribution in [0.15, 0.2) is 18.2 Å². The van der Waals surface area contributed by atoms with Crippen molar-refractivity contribution in [3.05, 3.63) is 27.3 Å². The highest BCUT2D eigenvalue weighted by atomic mass is 127. The van der Waals surface area contributed by atoms with Gasteiger partial charge in [-0.25, -0.2) is 0 Å². The first kappa shape index (κ1) is 16.7. The molecule has 21 heavy (non-hydrogen) atoms. The molecule has 2 rings (SSSR count). The zero-order chi connectivity index (χ0) is 15.2. The normalized spacial score (nSPS) is 20.0. The smallest absolute Gasteiger partial charge is 0.253 e. The zero-order valence-electron chi connectivity index (χ0n) is 12.5. The fraction of sp³-hybridized carbons (Fsp3) is 0.562. The van der Waals surface area contributed by atoms with E-state index in [1.165, 1.54) is 6.42 Å². The van der Waals surface area contributed by atoms with E-state index in [0.29, 0.717) is 6.61 Å². The summed E-state index contributed by atoms with van der Waals surface area (Å²) in [6.07, 6.45) is 2.97. The van der Waals surface area contributed by atoms with Gasteiger partial charge >= 0.3 is 0 Å². The molecular weight excluding hydrogens is 381 g/mol. The molecule has 1 N–H and O–H groups in total. The van der Waals surface area contributed by atoms with E-state index in [-0.39, 0.29) is 12.0 Å². The molecule has 0 aliphatic carbocycles. The van der Waals surface area contributed by atoms with Crippen molar-refractivity contribution >= 4 is 34.2 Å². The topological polar surface area (TPSA) is 47.6 Å². The Morgan fingerprint density at radius 2 is 2.33 bits per heavy atom. The Morgan fingerprint density at radius 3 is 3.00 bits per heavy atom. The molecule has 1 aliphatic heterocycles. The third-order valence-corrected chi connectivity index (χ3v) is 4.29. The Hall–Kier alpha value is -0.660. The Morgan fingerprint density at radius 1 is 1.52 bits per heavy atom. The molecule has 2 unspecified atom stereocenters. The molecule has 1 amide bonds. The van der Waals surface area contributed by atoms with Crippen molar-refractivity contribution in [3.8, 4) is 0 Å². The number of carbonyl (C=O) groups is 1. The van der Waals surface area contributed by atoms with Crippen LogP contribution in [-0.2, 0) is 14.3 Å². The van der Waals surface area contributed by atoms with Gasteiger partial charge < -0.3 is 14.8 Å². The minimum atomic E-state index is -0.478. The van der Waals surface area contributed by atoms with Gasteiger partial charge in [-0.05, 0) is 79.5 Å². The highest BCUT2D eigenvalue weighted by Gasteiger charge is 2.19. The Balaban J connectivity index is 1.81. The number of nitrogens with one attached hydrogen (secondary N) is 1. The van der Waals surface area contributed by atoms with E-state index in [0.717, 1.165) is 34.3 Å². The summed E-state index contributed by atoms with van der Waals surface area (Å²) in [4.78, 5) is 12.1. The van der Waals surface area contributed by atoms with Crippen molar-refractivity contribution in [1.29, 1.82) is 0 Å². The largest absolute Gasteiger partial charge is 0.376 e. The lowest BCUT2D eigenvalue weighted by atomic mass is 10.1. The van der Waals surface area contributed by atoms with Crippen LogP contribution in [0.25, 0.3) is 0 Å². The van der Waals surface area contributed by atoms with Gasteiger partial charge in [-0.2, -0.15) is 0 Å². The number of halogens is 1. The summed E-state index contributed by atoms with van der Waals surface area (Å²) < 4.78 is 12.4. The predicted molar refractivity (Wildman–Crippen MR) is 91.5 cm³/mol. The van der Waals surface area contributed by atoms with Crippen LogP contribution in [0.5, 0.6) is 0 Å². The lowest BCUT2D eigenvalue weighted by Crippen LogP contribution is -2.32. The molecule has 116 valence electrons. The van der Waals surface area contributed by atoms with Crippen molar-refractivity contribution in [3.63, 3.8) is 0 Å². The highest BCUT2D eigenvalue weighted by Crippen LogP contribution is 2.18. The molecule has 0 bridgehead atoms. The van der Waals surface area contributed by atoms with E-state index < -0.39 is 6.10 Å². The van der Waals surface area contributed by atoms with E-state index in [2.05, 4.69) is 27.9 Å². The molecule has 0 saturated carbocycles. The standard InChI is InChI=1S/C16H22INO3/c1-11-9-13(17)6-7-15(11)18-16(19)12(2)21-10-14-5-3-4-8-20-14/h6-7,9,12,14H,3-5,8,10H2,1-2H3,(H,18,19). The maximum atomic E-state index is 12.1. The van der Waals surface area contributed by atoms with Gasteiger partial charge in [-0.1, -0.05) is 0 Å². The minimum Gasteiger partial charge on any atom is -0.376 e. The molecule has 1 fully saturated rings. The van der Waals surface area contributed by atoms with Crippen LogP contribution in [0.3, 0.4) is 0 Å². The average Bonchev–Trinajstić information content (AvgIpc) is 2.48. The number of carbonyl (C=O) groups excluding carboxylic acids is 1. The molecule has 0 aromatic heterocycles. The third kappa shape index (κ3) is 5.23. The molecule has 0 radical (unpaired) electrons. The molecular formula is C16H22INO3. The van der Waals surface area contributed by atoms with Crippen molar-refractivity contribution in [2.24, 2.45) is 0 Å². The van der Waals surface area contributed by atoms with Gasteiger partial charge in [-0.15, -0.1) is 0 Å². The molecule has 5 heteroatoms. The monoisotopic (exact) mass is 403 g/mol. The SMILES string of the molecule is Cc1cc(I)ccc1NC(=O)C(C)OCC1CCCCO1. The second-order valence-corrected chi connectivity index (χ2v) is 6.66. The van der Waals surface area contributed by atoms with E-state index in [1.807, 2.05) is 25.1 Å². The second kappa shape index (κ2) is 8.10.